The summed E-state index contributed by atoms with van der Waals surface area (Å²) in [4.78, 5) is 11.3. The molecule has 2 aliphatic heterocycles. The molecule has 0 saturated carbocycles. The summed E-state index contributed by atoms with van der Waals surface area (Å²) < 4.78 is 11.6. The summed E-state index contributed by atoms with van der Waals surface area (Å²) >= 11 is 0. The fourth-order valence-electron chi connectivity index (χ4n) is 3.94. The molecule has 8 heteroatoms. The number of guanidine groups is 1. The van der Waals surface area contributed by atoms with Gasteiger partial charge in [0, 0.05) is 51.4 Å². The van der Waals surface area contributed by atoms with E-state index >= 15 is 0 Å². The molecule has 1 aromatic carbocycles. The smallest absolute Gasteiger partial charge is 0.191 e. The number of aryl methyl sites for hydroxylation is 1. The zero-order valence-electron chi connectivity index (χ0n) is 19.0. The van der Waals surface area contributed by atoms with Gasteiger partial charge in [-0.25, -0.2) is 4.98 Å². The second kappa shape index (κ2) is 12.2. The highest BCUT2D eigenvalue weighted by atomic mass is 127. The predicted molar refractivity (Wildman–Crippen MR) is 139 cm³/mol. The van der Waals surface area contributed by atoms with E-state index in [1.165, 1.54) is 18.4 Å². The second-order valence-electron chi connectivity index (χ2n) is 8.21. The minimum absolute atomic E-state index is 0. The van der Waals surface area contributed by atoms with Crippen LogP contribution in [0.2, 0.25) is 0 Å². The minimum Gasteiger partial charge on any atom is -0.488 e. The largest absolute Gasteiger partial charge is 0.488 e. The molecule has 2 N–H and O–H groups in total. The van der Waals surface area contributed by atoms with Crippen molar-refractivity contribution in [2.45, 2.75) is 45.4 Å². The molecule has 1 unspecified atom stereocenters. The Balaban J connectivity index is 0.00000289. The molecule has 1 aromatic heterocycles. The van der Waals surface area contributed by atoms with Gasteiger partial charge in [-0.3, -0.25) is 4.99 Å². The summed E-state index contributed by atoms with van der Waals surface area (Å²) in [6, 6.07) is 10.6. The standard InChI is InChI=1S/C24H33N5O2.HI/c1-18-5-7-20(22(13-18)31-21-9-12-30-17-21)16-28-24(25-2)27-15-19-6-8-23(26-14-19)29-10-3-4-11-29;/h5-8,13-14,21H,3-4,9-12,15-17H2,1-2H3,(H2,25,27,28);1H. The van der Waals surface area contributed by atoms with Crippen molar-refractivity contribution >= 4 is 35.8 Å². The Hall–Kier alpha value is -2.07. The molecule has 3 heterocycles. The highest BCUT2D eigenvalue weighted by molar-refractivity contribution is 14.0. The highest BCUT2D eigenvalue weighted by Crippen LogP contribution is 2.24. The van der Waals surface area contributed by atoms with Gasteiger partial charge in [-0.2, -0.15) is 0 Å². The zero-order chi connectivity index (χ0) is 21.5. The van der Waals surface area contributed by atoms with E-state index in [0.29, 0.717) is 19.7 Å². The van der Waals surface area contributed by atoms with Crippen molar-refractivity contribution in [3.05, 3.63) is 53.2 Å². The normalized spacial score (nSPS) is 18.4. The molecule has 2 aromatic rings. The monoisotopic (exact) mass is 551 g/mol. The fraction of sp³-hybridized carbons (Fsp3) is 0.500. The summed E-state index contributed by atoms with van der Waals surface area (Å²) in [6.45, 7) is 7.04. The summed E-state index contributed by atoms with van der Waals surface area (Å²) in [5, 5.41) is 6.77. The number of nitrogens with one attached hydrogen (secondary N) is 2. The molecule has 0 bridgehead atoms. The van der Waals surface area contributed by atoms with Crippen molar-refractivity contribution in [2.24, 2.45) is 4.99 Å². The van der Waals surface area contributed by atoms with Crippen LogP contribution in [0.4, 0.5) is 5.82 Å². The van der Waals surface area contributed by atoms with Crippen LogP contribution in [-0.2, 0) is 17.8 Å². The maximum Gasteiger partial charge on any atom is 0.191 e. The van der Waals surface area contributed by atoms with E-state index in [0.717, 1.165) is 54.8 Å². The number of halogens is 1. The van der Waals surface area contributed by atoms with Crippen molar-refractivity contribution in [3.63, 3.8) is 0 Å². The Morgan fingerprint density at radius 2 is 2.00 bits per heavy atom. The van der Waals surface area contributed by atoms with Crippen molar-refractivity contribution in [1.82, 2.24) is 15.6 Å². The minimum atomic E-state index is 0. The number of benzene rings is 1. The van der Waals surface area contributed by atoms with E-state index < -0.39 is 0 Å². The summed E-state index contributed by atoms with van der Waals surface area (Å²) in [5.74, 6) is 2.74. The topological polar surface area (TPSA) is 71.0 Å². The number of nitrogens with zero attached hydrogens (tertiary/aromatic N) is 3. The second-order valence-corrected chi connectivity index (χ2v) is 8.21. The van der Waals surface area contributed by atoms with Gasteiger partial charge in [0.2, 0.25) is 0 Å². The number of ether oxygens (including phenoxy) is 2. The molecule has 2 fully saturated rings. The van der Waals surface area contributed by atoms with Gasteiger partial charge in [0.25, 0.3) is 0 Å². The molecule has 2 aliphatic rings. The van der Waals surface area contributed by atoms with Crippen LogP contribution in [0, 0.1) is 6.92 Å². The molecule has 7 nitrogen and oxygen atoms in total. The van der Waals surface area contributed by atoms with Crippen LogP contribution in [-0.4, -0.2) is 50.4 Å². The number of anilines is 1. The predicted octanol–water partition coefficient (Wildman–Crippen LogP) is 3.64. The average molecular weight is 551 g/mol. The maximum atomic E-state index is 6.20. The Bertz CT molecular complexity index is 878. The molecule has 1 atom stereocenters. The zero-order valence-corrected chi connectivity index (χ0v) is 21.3. The van der Waals surface area contributed by atoms with E-state index in [-0.39, 0.29) is 30.1 Å². The number of hydrogen-bond acceptors (Lipinski definition) is 5. The van der Waals surface area contributed by atoms with Crippen molar-refractivity contribution in [2.75, 3.05) is 38.3 Å². The van der Waals surface area contributed by atoms with Crippen LogP contribution >= 0.6 is 24.0 Å². The maximum absolute atomic E-state index is 6.20. The van der Waals surface area contributed by atoms with Gasteiger partial charge in [-0.05, 0) is 43.0 Å². The number of hydrogen-bond donors (Lipinski definition) is 2. The van der Waals surface area contributed by atoms with E-state index in [9.17, 15) is 0 Å². The van der Waals surface area contributed by atoms with Crippen molar-refractivity contribution < 1.29 is 9.47 Å². The first-order chi connectivity index (χ1) is 15.2. The first-order valence-electron chi connectivity index (χ1n) is 11.2. The van der Waals surface area contributed by atoms with Gasteiger partial charge in [0.1, 0.15) is 17.7 Å². The number of pyridine rings is 1. The van der Waals surface area contributed by atoms with Crippen LogP contribution in [0.3, 0.4) is 0 Å². The Kier molecular flexibility index (Phi) is 9.40. The fourth-order valence-corrected chi connectivity index (χ4v) is 3.94. The third kappa shape index (κ3) is 6.71. The van der Waals surface area contributed by atoms with Crippen LogP contribution < -0.4 is 20.3 Å². The van der Waals surface area contributed by atoms with E-state index in [1.807, 2.05) is 6.20 Å². The Labute approximate surface area is 208 Å². The Morgan fingerprint density at radius 1 is 1.19 bits per heavy atom. The molecule has 0 spiro atoms. The molecule has 2 saturated heterocycles. The lowest BCUT2D eigenvalue weighted by Gasteiger charge is -2.18. The molecule has 0 amide bonds. The molecule has 174 valence electrons. The van der Waals surface area contributed by atoms with Gasteiger partial charge < -0.3 is 25.0 Å². The first kappa shape index (κ1) is 24.6. The molecular weight excluding hydrogens is 517 g/mol. The molecule has 0 aliphatic carbocycles. The van der Waals surface area contributed by atoms with Crippen molar-refractivity contribution in [3.8, 4) is 5.75 Å². The van der Waals surface area contributed by atoms with E-state index in [2.05, 4.69) is 62.8 Å². The van der Waals surface area contributed by atoms with Gasteiger partial charge >= 0.3 is 0 Å². The third-order valence-electron chi connectivity index (χ3n) is 5.77. The SMILES string of the molecule is CN=C(NCc1ccc(N2CCCC2)nc1)NCc1ccc(C)cc1OC1CCOC1.I. The molecule has 32 heavy (non-hydrogen) atoms. The highest BCUT2D eigenvalue weighted by Gasteiger charge is 2.19. The summed E-state index contributed by atoms with van der Waals surface area (Å²) in [7, 11) is 1.78. The van der Waals surface area contributed by atoms with E-state index in [1.54, 1.807) is 7.05 Å². The summed E-state index contributed by atoms with van der Waals surface area (Å²) in [5.41, 5.74) is 3.42. The van der Waals surface area contributed by atoms with Crippen LogP contribution in [0.25, 0.3) is 0 Å². The quantitative estimate of drug-likeness (QED) is 0.311. The summed E-state index contributed by atoms with van der Waals surface area (Å²) in [6.07, 6.45) is 5.54. The Morgan fingerprint density at radius 3 is 2.69 bits per heavy atom. The molecular formula is C24H34IN5O2. The van der Waals surface area contributed by atoms with Gasteiger partial charge in [-0.15, -0.1) is 24.0 Å². The van der Waals surface area contributed by atoms with Crippen LogP contribution in [0.15, 0.2) is 41.5 Å². The lowest BCUT2D eigenvalue weighted by atomic mass is 10.1. The molecule has 0 radical (unpaired) electrons. The van der Waals surface area contributed by atoms with E-state index in [4.69, 9.17) is 9.47 Å². The van der Waals surface area contributed by atoms with Gasteiger partial charge in [-0.1, -0.05) is 18.2 Å². The number of rotatable bonds is 7. The van der Waals surface area contributed by atoms with Crippen molar-refractivity contribution in [1.29, 1.82) is 0 Å². The van der Waals surface area contributed by atoms with Crippen LogP contribution in [0.5, 0.6) is 5.75 Å². The first-order valence-corrected chi connectivity index (χ1v) is 11.2. The number of aliphatic imine (C=N–C) groups is 1. The van der Waals surface area contributed by atoms with Gasteiger partial charge in [0.05, 0.1) is 13.2 Å². The average Bonchev–Trinajstić information content (AvgIpc) is 3.50. The van der Waals surface area contributed by atoms with Crippen LogP contribution in [0.1, 0.15) is 36.0 Å². The lowest BCUT2D eigenvalue weighted by Crippen LogP contribution is -2.36. The number of aromatic nitrogens is 1. The van der Waals surface area contributed by atoms with Gasteiger partial charge in [0.15, 0.2) is 5.96 Å². The third-order valence-corrected chi connectivity index (χ3v) is 5.77. The molecule has 4 rings (SSSR count). The lowest BCUT2D eigenvalue weighted by molar-refractivity contribution is 0.140.